The molecule has 2 heterocycles. The van der Waals surface area contributed by atoms with Gasteiger partial charge in [0.1, 0.15) is 12.4 Å². The third-order valence-electron chi connectivity index (χ3n) is 4.70. The second-order valence-electron chi connectivity index (χ2n) is 8.35. The maximum atomic E-state index is 13.2. The van der Waals surface area contributed by atoms with Gasteiger partial charge >= 0.3 is 0 Å². The molecule has 0 aliphatic heterocycles. The molecule has 0 fully saturated rings. The topological polar surface area (TPSA) is 80.4 Å². The number of rotatable bonds is 9. The minimum atomic E-state index is -0.314. The summed E-state index contributed by atoms with van der Waals surface area (Å²) in [6.07, 6.45) is 1.46. The number of carbonyl (C=O) groups excluding carboxylic acids is 2. The minimum Gasteiger partial charge on any atom is -0.459 e. The van der Waals surface area contributed by atoms with Crippen molar-refractivity contribution in [2.45, 2.75) is 40.8 Å². The molecule has 30 heavy (non-hydrogen) atoms. The van der Waals surface area contributed by atoms with E-state index < -0.39 is 0 Å². The molecular formula is C23H30N4O3. The van der Waals surface area contributed by atoms with Gasteiger partial charge in [-0.25, -0.2) is 4.98 Å². The van der Waals surface area contributed by atoms with E-state index in [0.717, 1.165) is 11.0 Å². The molecule has 0 saturated carbocycles. The van der Waals surface area contributed by atoms with Crippen LogP contribution in [0.2, 0.25) is 0 Å². The number of benzene rings is 1. The summed E-state index contributed by atoms with van der Waals surface area (Å²) >= 11 is 0. The molecule has 2 aromatic heterocycles. The summed E-state index contributed by atoms with van der Waals surface area (Å²) in [6.45, 7) is 10.3. The van der Waals surface area contributed by atoms with E-state index in [1.165, 1.54) is 6.26 Å². The Bertz CT molecular complexity index is 979. The molecule has 0 bridgehead atoms. The van der Waals surface area contributed by atoms with Crippen molar-refractivity contribution in [3.05, 3.63) is 54.2 Å². The number of carbonyl (C=O) groups is 2. The molecule has 2 amide bonds. The molecule has 0 spiro atoms. The van der Waals surface area contributed by atoms with E-state index in [9.17, 15) is 9.59 Å². The Morgan fingerprint density at radius 2 is 1.77 bits per heavy atom. The Hall–Kier alpha value is -3.09. The van der Waals surface area contributed by atoms with Crippen molar-refractivity contribution in [2.75, 3.05) is 13.1 Å². The van der Waals surface area contributed by atoms with Crippen LogP contribution in [0.25, 0.3) is 11.0 Å². The van der Waals surface area contributed by atoms with Gasteiger partial charge in [0.2, 0.25) is 5.91 Å². The zero-order chi connectivity index (χ0) is 21.7. The van der Waals surface area contributed by atoms with Crippen LogP contribution in [0.3, 0.4) is 0 Å². The van der Waals surface area contributed by atoms with Gasteiger partial charge in [0.05, 0.1) is 23.8 Å². The summed E-state index contributed by atoms with van der Waals surface area (Å²) in [7, 11) is 0. The standard InChI is InChI=1S/C23H30N4O3/c1-16(2)13-26(14-17(3)4)22(28)15-27-19-9-6-5-8-18(19)25-21(27)12-24-23(29)20-10-7-11-30-20/h5-11,16-17H,12-15H2,1-4H3,(H,24,29). The summed E-state index contributed by atoms with van der Waals surface area (Å²) in [5.41, 5.74) is 1.67. The second kappa shape index (κ2) is 9.61. The van der Waals surface area contributed by atoms with Crippen LogP contribution in [0.15, 0.2) is 47.1 Å². The monoisotopic (exact) mass is 410 g/mol. The van der Waals surface area contributed by atoms with Crippen LogP contribution < -0.4 is 5.32 Å². The van der Waals surface area contributed by atoms with E-state index in [1.54, 1.807) is 12.1 Å². The second-order valence-corrected chi connectivity index (χ2v) is 8.35. The lowest BCUT2D eigenvalue weighted by Crippen LogP contribution is -2.39. The molecule has 0 aliphatic carbocycles. The molecule has 0 aliphatic rings. The number of hydrogen-bond acceptors (Lipinski definition) is 4. The van der Waals surface area contributed by atoms with Crippen molar-refractivity contribution in [1.29, 1.82) is 0 Å². The van der Waals surface area contributed by atoms with Crippen LogP contribution in [0.1, 0.15) is 44.1 Å². The molecule has 160 valence electrons. The predicted molar refractivity (Wildman–Crippen MR) is 116 cm³/mol. The van der Waals surface area contributed by atoms with Crippen LogP contribution >= 0.6 is 0 Å². The van der Waals surface area contributed by atoms with Crippen molar-refractivity contribution in [3.8, 4) is 0 Å². The van der Waals surface area contributed by atoms with Gasteiger partial charge in [0.15, 0.2) is 5.76 Å². The van der Waals surface area contributed by atoms with Crippen molar-refractivity contribution in [2.24, 2.45) is 11.8 Å². The van der Waals surface area contributed by atoms with Gasteiger partial charge in [-0.05, 0) is 36.1 Å². The average Bonchev–Trinajstić information content (AvgIpc) is 3.33. The lowest BCUT2D eigenvalue weighted by atomic mass is 10.1. The highest BCUT2D eigenvalue weighted by Crippen LogP contribution is 2.17. The van der Waals surface area contributed by atoms with Crippen molar-refractivity contribution in [3.63, 3.8) is 0 Å². The number of amides is 2. The Morgan fingerprint density at radius 3 is 2.40 bits per heavy atom. The number of hydrogen-bond donors (Lipinski definition) is 1. The van der Waals surface area contributed by atoms with E-state index in [2.05, 4.69) is 38.0 Å². The highest BCUT2D eigenvalue weighted by atomic mass is 16.3. The van der Waals surface area contributed by atoms with Crippen molar-refractivity contribution < 1.29 is 14.0 Å². The van der Waals surface area contributed by atoms with Crippen LogP contribution in [0.4, 0.5) is 0 Å². The number of para-hydroxylation sites is 2. The van der Waals surface area contributed by atoms with Gasteiger partial charge in [-0.3, -0.25) is 9.59 Å². The quantitative estimate of drug-likeness (QED) is 0.583. The van der Waals surface area contributed by atoms with Crippen molar-refractivity contribution >= 4 is 22.8 Å². The molecule has 0 saturated heterocycles. The number of fused-ring (bicyclic) bond motifs is 1. The van der Waals surface area contributed by atoms with Gasteiger partial charge in [-0.2, -0.15) is 0 Å². The summed E-state index contributed by atoms with van der Waals surface area (Å²) in [4.78, 5) is 32.0. The molecule has 0 radical (unpaired) electrons. The zero-order valence-electron chi connectivity index (χ0n) is 18.1. The number of nitrogens with one attached hydrogen (secondary N) is 1. The van der Waals surface area contributed by atoms with Crippen LogP contribution in [0.5, 0.6) is 0 Å². The smallest absolute Gasteiger partial charge is 0.287 e. The Labute approximate surface area is 177 Å². The van der Waals surface area contributed by atoms with Crippen LogP contribution in [-0.2, 0) is 17.9 Å². The molecule has 7 nitrogen and oxygen atoms in total. The zero-order valence-corrected chi connectivity index (χ0v) is 18.1. The Kier molecular flexibility index (Phi) is 6.92. The number of furan rings is 1. The number of aromatic nitrogens is 2. The van der Waals surface area contributed by atoms with E-state index in [1.807, 2.05) is 33.7 Å². The first kappa shape index (κ1) is 21.6. The summed E-state index contributed by atoms with van der Waals surface area (Å²) < 4.78 is 7.04. The predicted octanol–water partition coefficient (Wildman–Crippen LogP) is 3.70. The summed E-state index contributed by atoms with van der Waals surface area (Å²) in [5.74, 6) is 1.40. The lowest BCUT2D eigenvalue weighted by Gasteiger charge is -2.27. The Balaban J connectivity index is 1.83. The molecule has 0 atom stereocenters. The van der Waals surface area contributed by atoms with Gasteiger partial charge < -0.3 is 19.2 Å². The normalized spacial score (nSPS) is 11.4. The minimum absolute atomic E-state index is 0.0548. The molecule has 1 N–H and O–H groups in total. The van der Waals surface area contributed by atoms with E-state index in [-0.39, 0.29) is 30.7 Å². The van der Waals surface area contributed by atoms with Crippen LogP contribution in [0, 0.1) is 11.8 Å². The SMILES string of the molecule is CC(C)CN(CC(C)C)C(=O)Cn1c(CNC(=O)c2ccco2)nc2ccccc21. The first-order valence-corrected chi connectivity index (χ1v) is 10.4. The molecule has 3 rings (SSSR count). The van der Waals surface area contributed by atoms with E-state index in [4.69, 9.17) is 4.42 Å². The molecule has 7 heteroatoms. The van der Waals surface area contributed by atoms with Gasteiger partial charge in [-0.15, -0.1) is 0 Å². The van der Waals surface area contributed by atoms with Crippen molar-refractivity contribution in [1.82, 2.24) is 19.8 Å². The third-order valence-corrected chi connectivity index (χ3v) is 4.70. The highest BCUT2D eigenvalue weighted by molar-refractivity contribution is 5.91. The lowest BCUT2D eigenvalue weighted by molar-refractivity contribution is -0.132. The van der Waals surface area contributed by atoms with Gasteiger partial charge in [0, 0.05) is 13.1 Å². The molecule has 1 aromatic carbocycles. The maximum Gasteiger partial charge on any atom is 0.287 e. The maximum absolute atomic E-state index is 13.2. The first-order valence-electron chi connectivity index (χ1n) is 10.4. The summed E-state index contributed by atoms with van der Waals surface area (Å²) in [5, 5.41) is 2.83. The average molecular weight is 411 g/mol. The fraction of sp³-hybridized carbons (Fsp3) is 0.435. The molecule has 0 unspecified atom stereocenters. The van der Waals surface area contributed by atoms with Gasteiger partial charge in [-0.1, -0.05) is 39.8 Å². The van der Waals surface area contributed by atoms with Gasteiger partial charge in [0.25, 0.3) is 5.91 Å². The largest absolute Gasteiger partial charge is 0.459 e. The third kappa shape index (κ3) is 5.28. The fourth-order valence-electron chi connectivity index (χ4n) is 3.49. The first-order chi connectivity index (χ1) is 14.3. The van der Waals surface area contributed by atoms with E-state index >= 15 is 0 Å². The fourth-order valence-corrected chi connectivity index (χ4v) is 3.49. The molecular weight excluding hydrogens is 380 g/mol. The number of nitrogens with zero attached hydrogens (tertiary/aromatic N) is 3. The van der Waals surface area contributed by atoms with Crippen LogP contribution in [-0.4, -0.2) is 39.4 Å². The Morgan fingerprint density at radius 1 is 1.07 bits per heavy atom. The summed E-state index contributed by atoms with van der Waals surface area (Å²) in [6, 6.07) is 11.0. The number of imidazole rings is 1. The highest BCUT2D eigenvalue weighted by Gasteiger charge is 2.20. The van der Waals surface area contributed by atoms with E-state index in [0.29, 0.717) is 30.7 Å². The molecule has 3 aromatic rings.